The van der Waals surface area contributed by atoms with Crippen LogP contribution in [-0.4, -0.2) is 21.1 Å². The van der Waals surface area contributed by atoms with Gasteiger partial charge in [-0.2, -0.15) is 5.10 Å². The number of aromatic nitrogens is 3. The van der Waals surface area contributed by atoms with E-state index in [2.05, 4.69) is 15.6 Å². The Kier molecular flexibility index (Phi) is 5.18. The van der Waals surface area contributed by atoms with Gasteiger partial charge in [-0.3, -0.25) is 15.3 Å². The van der Waals surface area contributed by atoms with Crippen molar-refractivity contribution >= 4 is 22.6 Å². The number of aromatic amines is 1. The van der Waals surface area contributed by atoms with Crippen molar-refractivity contribution in [2.75, 3.05) is 5.73 Å². The van der Waals surface area contributed by atoms with E-state index in [0.29, 0.717) is 45.0 Å². The molecule has 5 rings (SSSR count). The molecule has 0 radical (unpaired) electrons. The molecule has 33 heavy (non-hydrogen) atoms. The number of amides is 1. The zero-order chi connectivity index (χ0) is 22.8. The molecule has 162 valence electrons. The summed E-state index contributed by atoms with van der Waals surface area (Å²) >= 11 is 0. The number of ether oxygens (including phenoxy) is 1. The number of H-pyrrole nitrogens is 1. The van der Waals surface area contributed by atoms with Crippen molar-refractivity contribution in [2.45, 2.75) is 0 Å². The highest BCUT2D eigenvalue weighted by molar-refractivity contribution is 6.04. The van der Waals surface area contributed by atoms with Crippen molar-refractivity contribution in [2.24, 2.45) is 5.84 Å². The lowest BCUT2D eigenvalue weighted by atomic mass is 10.0. The number of carbonyl (C=O) groups excluding carboxylic acids is 1. The van der Waals surface area contributed by atoms with Crippen LogP contribution in [0.15, 0.2) is 84.9 Å². The van der Waals surface area contributed by atoms with Crippen LogP contribution in [0.5, 0.6) is 11.5 Å². The molecule has 1 amide bonds. The highest BCUT2D eigenvalue weighted by Crippen LogP contribution is 2.35. The molecule has 0 unspecified atom stereocenters. The van der Waals surface area contributed by atoms with E-state index in [0.717, 1.165) is 11.3 Å². The molecule has 0 aliphatic rings. The minimum Gasteiger partial charge on any atom is -0.457 e. The van der Waals surface area contributed by atoms with E-state index in [1.54, 1.807) is 12.1 Å². The fourth-order valence-electron chi connectivity index (χ4n) is 3.70. The standard InChI is InChI=1S/C25H20N6O2/c26-24-22-21(30-31-24)14-20(18-8-4-5-9-19(18)25(32)29-27)28-23(22)15-10-12-17(13-11-15)33-16-6-2-1-3-7-16/h1-14H,27H2,(H,29,32)(H3,26,30,31). The monoisotopic (exact) mass is 436 g/mol. The van der Waals surface area contributed by atoms with Gasteiger partial charge in [0.25, 0.3) is 5.91 Å². The van der Waals surface area contributed by atoms with Crippen molar-refractivity contribution in [3.63, 3.8) is 0 Å². The van der Waals surface area contributed by atoms with E-state index in [1.807, 2.05) is 72.8 Å². The lowest BCUT2D eigenvalue weighted by Crippen LogP contribution is -2.30. The number of hydrogen-bond donors (Lipinski definition) is 4. The maximum absolute atomic E-state index is 12.3. The third-order valence-corrected chi connectivity index (χ3v) is 5.26. The quantitative estimate of drug-likeness (QED) is 0.185. The number of fused-ring (bicyclic) bond motifs is 1. The van der Waals surface area contributed by atoms with E-state index in [4.69, 9.17) is 21.3 Å². The van der Waals surface area contributed by atoms with Gasteiger partial charge in [-0.1, -0.05) is 36.4 Å². The highest BCUT2D eigenvalue weighted by atomic mass is 16.5. The average molecular weight is 436 g/mol. The molecule has 5 aromatic rings. The first-order chi connectivity index (χ1) is 16.1. The molecule has 8 nitrogen and oxygen atoms in total. The van der Waals surface area contributed by atoms with Crippen molar-refractivity contribution in [3.8, 4) is 34.0 Å². The second kappa shape index (κ2) is 8.45. The summed E-state index contributed by atoms with van der Waals surface area (Å²) in [5, 5.41) is 7.81. The number of para-hydroxylation sites is 1. The van der Waals surface area contributed by atoms with E-state index in [9.17, 15) is 4.79 Å². The second-order valence-electron chi connectivity index (χ2n) is 7.35. The summed E-state index contributed by atoms with van der Waals surface area (Å²) in [6.07, 6.45) is 0. The zero-order valence-electron chi connectivity index (χ0n) is 17.4. The predicted molar refractivity (Wildman–Crippen MR) is 127 cm³/mol. The molecule has 0 aliphatic heterocycles. The Morgan fingerprint density at radius 1 is 0.909 bits per heavy atom. The van der Waals surface area contributed by atoms with Crippen LogP contribution in [0.25, 0.3) is 33.4 Å². The van der Waals surface area contributed by atoms with Crippen molar-refractivity contribution in [3.05, 3.63) is 90.5 Å². The third kappa shape index (κ3) is 3.86. The Hall–Kier alpha value is -4.69. The van der Waals surface area contributed by atoms with Crippen LogP contribution >= 0.6 is 0 Å². The number of carbonyl (C=O) groups is 1. The number of nitrogens with one attached hydrogen (secondary N) is 2. The minimum absolute atomic E-state index is 0.344. The zero-order valence-corrected chi connectivity index (χ0v) is 17.4. The molecular formula is C25H20N6O2. The SMILES string of the molecule is NNC(=O)c1ccccc1-c1cc2[nH]nc(N)c2c(-c2ccc(Oc3ccccc3)cc2)n1. The lowest BCUT2D eigenvalue weighted by Gasteiger charge is -2.11. The predicted octanol–water partition coefficient (Wildman–Crippen LogP) is 4.27. The number of nitrogens with two attached hydrogens (primary N) is 2. The maximum Gasteiger partial charge on any atom is 0.265 e. The van der Waals surface area contributed by atoms with Gasteiger partial charge in [-0.25, -0.2) is 10.8 Å². The molecule has 0 fully saturated rings. The van der Waals surface area contributed by atoms with Gasteiger partial charge in [0, 0.05) is 11.1 Å². The van der Waals surface area contributed by atoms with Crippen molar-refractivity contribution < 1.29 is 9.53 Å². The average Bonchev–Trinajstić information content (AvgIpc) is 3.25. The molecule has 8 heteroatoms. The second-order valence-corrected chi connectivity index (χ2v) is 7.35. The summed E-state index contributed by atoms with van der Waals surface area (Å²) < 4.78 is 5.89. The van der Waals surface area contributed by atoms with Crippen LogP contribution in [0.3, 0.4) is 0 Å². The van der Waals surface area contributed by atoms with Crippen LogP contribution in [0, 0.1) is 0 Å². The largest absolute Gasteiger partial charge is 0.457 e. The first kappa shape index (κ1) is 20.2. The van der Waals surface area contributed by atoms with E-state index < -0.39 is 5.91 Å². The number of hydrazine groups is 1. The topological polar surface area (TPSA) is 132 Å². The Balaban J connectivity index is 1.60. The van der Waals surface area contributed by atoms with Gasteiger partial charge < -0.3 is 10.5 Å². The molecule has 6 N–H and O–H groups in total. The number of benzene rings is 3. The molecule has 0 atom stereocenters. The Morgan fingerprint density at radius 3 is 2.36 bits per heavy atom. The van der Waals surface area contributed by atoms with Crippen LogP contribution in [0.1, 0.15) is 10.4 Å². The number of hydrogen-bond acceptors (Lipinski definition) is 6. The molecule has 0 bridgehead atoms. The van der Waals surface area contributed by atoms with Gasteiger partial charge in [0.15, 0.2) is 5.82 Å². The van der Waals surface area contributed by atoms with Gasteiger partial charge in [0.2, 0.25) is 0 Å². The normalized spacial score (nSPS) is 10.8. The molecule has 3 aromatic carbocycles. The summed E-state index contributed by atoms with van der Waals surface area (Å²) in [6, 6.07) is 26.1. The number of nitrogen functional groups attached to an aromatic ring is 2. The number of nitrogens with zero attached hydrogens (tertiary/aromatic N) is 2. The Bertz CT molecular complexity index is 1450. The summed E-state index contributed by atoms with van der Waals surface area (Å²) in [5.74, 6) is 6.76. The Morgan fingerprint density at radius 2 is 1.61 bits per heavy atom. The van der Waals surface area contributed by atoms with Gasteiger partial charge in [0.05, 0.1) is 27.9 Å². The van der Waals surface area contributed by atoms with E-state index in [1.165, 1.54) is 0 Å². The summed E-state index contributed by atoms with van der Waals surface area (Å²) in [4.78, 5) is 17.2. The molecule has 2 aromatic heterocycles. The molecule has 0 aliphatic carbocycles. The van der Waals surface area contributed by atoms with Gasteiger partial charge in [-0.15, -0.1) is 0 Å². The third-order valence-electron chi connectivity index (χ3n) is 5.26. The van der Waals surface area contributed by atoms with E-state index in [-0.39, 0.29) is 0 Å². The number of anilines is 1. The lowest BCUT2D eigenvalue weighted by molar-refractivity contribution is 0.0954. The number of rotatable bonds is 5. The van der Waals surface area contributed by atoms with Crippen molar-refractivity contribution in [1.82, 2.24) is 20.6 Å². The first-order valence-electron chi connectivity index (χ1n) is 10.2. The van der Waals surface area contributed by atoms with Crippen molar-refractivity contribution in [1.29, 1.82) is 0 Å². The first-order valence-corrected chi connectivity index (χ1v) is 10.2. The van der Waals surface area contributed by atoms with Crippen LogP contribution in [0.2, 0.25) is 0 Å². The summed E-state index contributed by atoms with van der Waals surface area (Å²) in [6.45, 7) is 0. The Labute approximate surface area is 189 Å². The van der Waals surface area contributed by atoms with Crippen LogP contribution < -0.4 is 21.7 Å². The molecule has 2 heterocycles. The van der Waals surface area contributed by atoms with E-state index >= 15 is 0 Å². The minimum atomic E-state index is -0.402. The fourth-order valence-corrected chi connectivity index (χ4v) is 3.70. The van der Waals surface area contributed by atoms with Gasteiger partial charge >= 0.3 is 0 Å². The van der Waals surface area contributed by atoms with Crippen LogP contribution in [0.4, 0.5) is 5.82 Å². The molecular weight excluding hydrogens is 416 g/mol. The summed E-state index contributed by atoms with van der Waals surface area (Å²) in [7, 11) is 0. The highest BCUT2D eigenvalue weighted by Gasteiger charge is 2.18. The smallest absolute Gasteiger partial charge is 0.265 e. The molecule has 0 saturated heterocycles. The van der Waals surface area contributed by atoms with Gasteiger partial charge in [0.1, 0.15) is 11.5 Å². The fraction of sp³-hybridized carbons (Fsp3) is 0. The summed E-state index contributed by atoms with van der Waals surface area (Å²) in [5.41, 5.74) is 12.2. The molecule has 0 spiro atoms. The molecule has 0 saturated carbocycles. The van der Waals surface area contributed by atoms with Crippen LogP contribution in [-0.2, 0) is 0 Å². The number of pyridine rings is 1. The maximum atomic E-state index is 12.3. The van der Waals surface area contributed by atoms with Gasteiger partial charge in [-0.05, 0) is 48.5 Å².